The summed E-state index contributed by atoms with van der Waals surface area (Å²) in [5, 5.41) is 2.84. The van der Waals surface area contributed by atoms with E-state index in [1.54, 1.807) is 12.1 Å². The molecule has 0 atom stereocenters. The molecule has 0 aromatic heterocycles. The molecule has 0 saturated carbocycles. The third-order valence-corrected chi connectivity index (χ3v) is 2.46. The van der Waals surface area contributed by atoms with E-state index >= 15 is 0 Å². The fraction of sp³-hybridized carbons (Fsp3) is 0.133. The van der Waals surface area contributed by atoms with Crippen molar-refractivity contribution in [2.45, 2.75) is 6.92 Å². The Labute approximate surface area is 106 Å². The summed E-state index contributed by atoms with van der Waals surface area (Å²) >= 11 is 0. The molecule has 0 radical (unpaired) electrons. The molecule has 1 amide bonds. The highest BCUT2D eigenvalue weighted by Crippen LogP contribution is 2.19. The lowest BCUT2D eigenvalue weighted by atomic mass is 10.2. The fourth-order valence-corrected chi connectivity index (χ4v) is 1.66. The molecular weight excluding hydrogens is 226 g/mol. The first-order valence-electron chi connectivity index (χ1n) is 5.89. The predicted molar refractivity (Wildman–Crippen MR) is 72.0 cm³/mol. The third kappa shape index (κ3) is 2.88. The van der Waals surface area contributed by atoms with Gasteiger partial charge in [0.2, 0.25) is 0 Å². The molecule has 2 aromatic carbocycles. The number of carbonyl (C=O) groups is 1. The molecule has 0 saturated heterocycles. The van der Waals surface area contributed by atoms with Crippen LogP contribution in [0, 0.1) is 0 Å². The predicted octanol–water partition coefficient (Wildman–Crippen LogP) is 3.34. The van der Waals surface area contributed by atoms with Crippen LogP contribution in [0.15, 0.2) is 54.6 Å². The number of hydrogen-bond acceptors (Lipinski definition) is 2. The minimum absolute atomic E-state index is 0.162. The normalized spacial score (nSPS) is 9.83. The van der Waals surface area contributed by atoms with Crippen LogP contribution in [0.25, 0.3) is 0 Å². The fourth-order valence-electron chi connectivity index (χ4n) is 1.66. The van der Waals surface area contributed by atoms with Crippen LogP contribution in [0.4, 0.5) is 5.69 Å². The van der Waals surface area contributed by atoms with Gasteiger partial charge < -0.3 is 10.1 Å². The van der Waals surface area contributed by atoms with Gasteiger partial charge >= 0.3 is 0 Å². The van der Waals surface area contributed by atoms with E-state index in [1.807, 2.05) is 49.4 Å². The monoisotopic (exact) mass is 241 g/mol. The van der Waals surface area contributed by atoms with Gasteiger partial charge in [-0.15, -0.1) is 0 Å². The molecule has 18 heavy (non-hydrogen) atoms. The number of nitrogens with one attached hydrogen (secondary N) is 1. The van der Waals surface area contributed by atoms with Crippen molar-refractivity contribution in [2.24, 2.45) is 0 Å². The lowest BCUT2D eigenvalue weighted by molar-refractivity contribution is 0.102. The first-order valence-corrected chi connectivity index (χ1v) is 5.89. The van der Waals surface area contributed by atoms with Crippen molar-refractivity contribution in [3.05, 3.63) is 60.2 Å². The van der Waals surface area contributed by atoms with E-state index in [9.17, 15) is 4.79 Å². The summed E-state index contributed by atoms with van der Waals surface area (Å²) in [7, 11) is 0. The molecular formula is C15H15NO2. The molecule has 0 aliphatic carbocycles. The van der Waals surface area contributed by atoms with Crippen LogP contribution in [0.2, 0.25) is 0 Å². The van der Waals surface area contributed by atoms with E-state index < -0.39 is 0 Å². The first kappa shape index (κ1) is 12.2. The van der Waals surface area contributed by atoms with Crippen LogP contribution < -0.4 is 10.1 Å². The van der Waals surface area contributed by atoms with E-state index in [0.29, 0.717) is 17.9 Å². The van der Waals surface area contributed by atoms with E-state index in [0.717, 1.165) is 5.69 Å². The van der Waals surface area contributed by atoms with Gasteiger partial charge in [-0.3, -0.25) is 4.79 Å². The second-order valence-electron chi connectivity index (χ2n) is 3.75. The van der Waals surface area contributed by atoms with Crippen LogP contribution >= 0.6 is 0 Å². The van der Waals surface area contributed by atoms with Gasteiger partial charge in [-0.25, -0.2) is 0 Å². The smallest absolute Gasteiger partial charge is 0.259 e. The van der Waals surface area contributed by atoms with E-state index in [-0.39, 0.29) is 5.91 Å². The maximum atomic E-state index is 12.1. The zero-order valence-electron chi connectivity index (χ0n) is 10.2. The van der Waals surface area contributed by atoms with Gasteiger partial charge in [0.25, 0.3) is 5.91 Å². The molecule has 1 N–H and O–H groups in total. The Bertz CT molecular complexity index is 523. The summed E-state index contributed by atoms with van der Waals surface area (Å²) in [5.41, 5.74) is 1.32. The van der Waals surface area contributed by atoms with Crippen LogP contribution in [-0.2, 0) is 0 Å². The molecule has 0 heterocycles. The van der Waals surface area contributed by atoms with E-state index in [4.69, 9.17) is 4.74 Å². The van der Waals surface area contributed by atoms with Gasteiger partial charge in [-0.2, -0.15) is 0 Å². The second-order valence-corrected chi connectivity index (χ2v) is 3.75. The number of anilines is 1. The summed E-state index contributed by atoms with van der Waals surface area (Å²) in [5.74, 6) is 0.443. The molecule has 0 aliphatic rings. The Kier molecular flexibility index (Phi) is 3.97. The molecule has 2 aromatic rings. The maximum absolute atomic E-state index is 12.1. The number of amides is 1. The largest absolute Gasteiger partial charge is 0.493 e. The van der Waals surface area contributed by atoms with Crippen LogP contribution in [0.3, 0.4) is 0 Å². The van der Waals surface area contributed by atoms with Gasteiger partial charge in [-0.05, 0) is 31.2 Å². The van der Waals surface area contributed by atoms with Crippen molar-refractivity contribution in [3.63, 3.8) is 0 Å². The quantitative estimate of drug-likeness (QED) is 0.891. The molecule has 0 unspecified atom stereocenters. The third-order valence-electron chi connectivity index (χ3n) is 2.46. The standard InChI is InChI=1S/C15H15NO2/c1-2-18-14-11-7-6-10-13(14)15(17)16-12-8-4-3-5-9-12/h3-11H,2H2,1H3,(H,16,17). The minimum atomic E-state index is -0.162. The Balaban J connectivity index is 2.19. The number of benzene rings is 2. The zero-order valence-corrected chi connectivity index (χ0v) is 10.2. The molecule has 2 rings (SSSR count). The average molecular weight is 241 g/mol. The lowest BCUT2D eigenvalue weighted by Gasteiger charge is -2.10. The molecule has 0 aliphatic heterocycles. The topological polar surface area (TPSA) is 38.3 Å². The minimum Gasteiger partial charge on any atom is -0.493 e. The Morgan fingerprint density at radius 1 is 1.06 bits per heavy atom. The molecule has 0 fully saturated rings. The van der Waals surface area contributed by atoms with Gasteiger partial charge in [0, 0.05) is 5.69 Å². The van der Waals surface area contributed by atoms with Crippen LogP contribution in [-0.4, -0.2) is 12.5 Å². The van der Waals surface area contributed by atoms with Gasteiger partial charge in [-0.1, -0.05) is 30.3 Å². The van der Waals surface area contributed by atoms with E-state index in [1.165, 1.54) is 0 Å². The van der Waals surface area contributed by atoms with Gasteiger partial charge in [0.05, 0.1) is 12.2 Å². The van der Waals surface area contributed by atoms with Gasteiger partial charge in [0.1, 0.15) is 5.75 Å². The summed E-state index contributed by atoms with van der Waals surface area (Å²) in [6.45, 7) is 2.43. The molecule has 92 valence electrons. The van der Waals surface area contributed by atoms with Crippen LogP contribution in [0.5, 0.6) is 5.75 Å². The number of hydrogen-bond donors (Lipinski definition) is 1. The highest BCUT2D eigenvalue weighted by Gasteiger charge is 2.11. The van der Waals surface area contributed by atoms with Crippen LogP contribution in [0.1, 0.15) is 17.3 Å². The Morgan fingerprint density at radius 3 is 2.44 bits per heavy atom. The van der Waals surface area contributed by atoms with E-state index in [2.05, 4.69) is 5.32 Å². The highest BCUT2D eigenvalue weighted by molar-refractivity contribution is 6.06. The Morgan fingerprint density at radius 2 is 1.72 bits per heavy atom. The molecule has 0 bridgehead atoms. The zero-order chi connectivity index (χ0) is 12.8. The number of para-hydroxylation sites is 2. The molecule has 0 spiro atoms. The molecule has 3 nitrogen and oxygen atoms in total. The number of ether oxygens (including phenoxy) is 1. The first-order chi connectivity index (χ1) is 8.81. The van der Waals surface area contributed by atoms with Crippen molar-refractivity contribution in [1.82, 2.24) is 0 Å². The summed E-state index contributed by atoms with van der Waals surface area (Å²) in [6, 6.07) is 16.6. The summed E-state index contributed by atoms with van der Waals surface area (Å²) in [4.78, 5) is 12.1. The highest BCUT2D eigenvalue weighted by atomic mass is 16.5. The van der Waals surface area contributed by atoms with Crippen molar-refractivity contribution in [2.75, 3.05) is 11.9 Å². The molecule has 3 heteroatoms. The van der Waals surface area contributed by atoms with Crippen molar-refractivity contribution in [3.8, 4) is 5.75 Å². The van der Waals surface area contributed by atoms with Crippen molar-refractivity contribution < 1.29 is 9.53 Å². The SMILES string of the molecule is CCOc1ccccc1C(=O)Nc1ccccc1. The van der Waals surface area contributed by atoms with Gasteiger partial charge in [0.15, 0.2) is 0 Å². The van der Waals surface area contributed by atoms with Crippen molar-refractivity contribution in [1.29, 1.82) is 0 Å². The average Bonchev–Trinajstić information content (AvgIpc) is 2.41. The summed E-state index contributed by atoms with van der Waals surface area (Å²) < 4.78 is 5.43. The maximum Gasteiger partial charge on any atom is 0.259 e. The number of carbonyl (C=O) groups excluding carboxylic acids is 1. The number of rotatable bonds is 4. The second kappa shape index (κ2) is 5.87. The van der Waals surface area contributed by atoms with Crippen molar-refractivity contribution >= 4 is 11.6 Å². The summed E-state index contributed by atoms with van der Waals surface area (Å²) in [6.07, 6.45) is 0. The Hall–Kier alpha value is -2.29. The lowest BCUT2D eigenvalue weighted by Crippen LogP contribution is -2.13.